The maximum Gasteiger partial charge on any atom is 0.254 e. The third kappa shape index (κ3) is 4.49. The van der Waals surface area contributed by atoms with Gasteiger partial charge in [0.05, 0.1) is 12.8 Å². The number of carbonyl (C=O) groups is 1. The predicted octanol–water partition coefficient (Wildman–Crippen LogP) is 4.05. The number of ether oxygens (including phenoxy) is 1. The van der Waals surface area contributed by atoms with Crippen LogP contribution >= 0.6 is 11.3 Å². The van der Waals surface area contributed by atoms with Gasteiger partial charge in [-0.2, -0.15) is 0 Å². The Labute approximate surface area is 177 Å². The van der Waals surface area contributed by atoms with Crippen LogP contribution in [0.1, 0.15) is 16.1 Å². The topological polar surface area (TPSA) is 45.7 Å². The first kappa shape index (κ1) is 20.4. The molecule has 5 nitrogen and oxygen atoms in total. The summed E-state index contributed by atoms with van der Waals surface area (Å²) in [4.78, 5) is 21.2. The number of rotatable bonds is 5. The summed E-state index contributed by atoms with van der Waals surface area (Å²) in [5, 5.41) is 3.01. The number of halogens is 2. The lowest BCUT2D eigenvalue weighted by atomic mass is 10.1. The fraction of sp³-hybridized carbons (Fsp3) is 0.273. The molecule has 2 heterocycles. The van der Waals surface area contributed by atoms with Gasteiger partial charge in [0.1, 0.15) is 10.8 Å². The molecule has 3 aromatic rings. The van der Waals surface area contributed by atoms with Crippen LogP contribution in [0.2, 0.25) is 0 Å². The van der Waals surface area contributed by atoms with Gasteiger partial charge in [-0.1, -0.05) is 0 Å². The van der Waals surface area contributed by atoms with Gasteiger partial charge >= 0.3 is 0 Å². The van der Waals surface area contributed by atoms with Crippen molar-refractivity contribution in [3.8, 4) is 16.3 Å². The minimum absolute atomic E-state index is 0.172. The first-order valence-corrected chi connectivity index (χ1v) is 10.5. The van der Waals surface area contributed by atoms with Crippen molar-refractivity contribution in [3.63, 3.8) is 0 Å². The van der Waals surface area contributed by atoms with Gasteiger partial charge in [0.15, 0.2) is 11.6 Å². The molecular weight excluding hydrogens is 408 g/mol. The van der Waals surface area contributed by atoms with Crippen molar-refractivity contribution < 1.29 is 18.3 Å². The zero-order valence-electron chi connectivity index (χ0n) is 16.5. The van der Waals surface area contributed by atoms with Gasteiger partial charge in [-0.15, -0.1) is 11.3 Å². The average molecular weight is 429 g/mol. The molecule has 1 saturated heterocycles. The molecule has 0 atom stereocenters. The van der Waals surface area contributed by atoms with Crippen LogP contribution in [0.25, 0.3) is 10.6 Å². The first-order valence-electron chi connectivity index (χ1n) is 9.59. The Morgan fingerprint density at radius 1 is 1.07 bits per heavy atom. The molecule has 1 amide bonds. The van der Waals surface area contributed by atoms with E-state index < -0.39 is 11.6 Å². The van der Waals surface area contributed by atoms with Crippen LogP contribution in [0, 0.1) is 11.6 Å². The van der Waals surface area contributed by atoms with Gasteiger partial charge in [-0.05, 0) is 42.5 Å². The lowest BCUT2D eigenvalue weighted by Crippen LogP contribution is -2.48. The quantitative estimate of drug-likeness (QED) is 0.614. The van der Waals surface area contributed by atoms with Crippen molar-refractivity contribution in [1.82, 2.24) is 14.8 Å². The normalized spacial score (nSPS) is 14.7. The number of amides is 1. The van der Waals surface area contributed by atoms with Crippen molar-refractivity contribution in [1.29, 1.82) is 0 Å². The largest absolute Gasteiger partial charge is 0.497 e. The number of nitrogens with zero attached hydrogens (tertiary/aromatic N) is 3. The Morgan fingerprint density at radius 3 is 2.47 bits per heavy atom. The molecule has 0 radical (unpaired) electrons. The summed E-state index contributed by atoms with van der Waals surface area (Å²) in [6.45, 7) is 3.18. The van der Waals surface area contributed by atoms with E-state index in [1.165, 1.54) is 6.07 Å². The summed E-state index contributed by atoms with van der Waals surface area (Å²) in [5.41, 5.74) is 2.21. The van der Waals surface area contributed by atoms with Crippen molar-refractivity contribution in [2.45, 2.75) is 6.54 Å². The maximum absolute atomic E-state index is 13.4. The molecule has 156 valence electrons. The van der Waals surface area contributed by atoms with Gasteiger partial charge in [0.2, 0.25) is 0 Å². The molecule has 1 aliphatic rings. The zero-order chi connectivity index (χ0) is 21.1. The molecule has 1 fully saturated rings. The van der Waals surface area contributed by atoms with E-state index in [0.717, 1.165) is 34.1 Å². The number of hydrogen-bond acceptors (Lipinski definition) is 5. The van der Waals surface area contributed by atoms with E-state index in [-0.39, 0.29) is 11.5 Å². The fourth-order valence-corrected chi connectivity index (χ4v) is 4.21. The second-order valence-electron chi connectivity index (χ2n) is 7.07. The molecule has 0 unspecified atom stereocenters. The fourth-order valence-electron chi connectivity index (χ4n) is 3.40. The third-order valence-electron chi connectivity index (χ3n) is 5.10. The summed E-state index contributed by atoms with van der Waals surface area (Å²) in [6, 6.07) is 11.1. The Morgan fingerprint density at radius 2 is 1.80 bits per heavy atom. The van der Waals surface area contributed by atoms with Gasteiger partial charge < -0.3 is 9.64 Å². The molecule has 1 aromatic heterocycles. The Bertz CT molecular complexity index is 1030. The number of methoxy groups -OCH3 is 1. The molecular formula is C22H21F2N3O2S. The second-order valence-corrected chi connectivity index (χ2v) is 7.93. The van der Waals surface area contributed by atoms with Crippen LogP contribution in [0.5, 0.6) is 5.75 Å². The Balaban J connectivity index is 1.33. The van der Waals surface area contributed by atoms with Gasteiger partial charge in [-0.3, -0.25) is 9.69 Å². The highest BCUT2D eigenvalue weighted by atomic mass is 32.1. The molecule has 2 aromatic carbocycles. The number of hydrogen-bond donors (Lipinski definition) is 0. The van der Waals surface area contributed by atoms with Crippen LogP contribution in [0.4, 0.5) is 8.78 Å². The predicted molar refractivity (Wildman–Crippen MR) is 112 cm³/mol. The first-order chi connectivity index (χ1) is 14.5. The minimum Gasteiger partial charge on any atom is -0.497 e. The van der Waals surface area contributed by atoms with Gasteiger partial charge in [-0.25, -0.2) is 13.8 Å². The number of carbonyl (C=O) groups excluding carboxylic acids is 1. The summed E-state index contributed by atoms with van der Waals surface area (Å²) in [7, 11) is 1.64. The SMILES string of the molecule is COc1ccc(-c2nc(CN3CCN(C(=O)c4ccc(F)c(F)c4)CC3)cs2)cc1. The van der Waals surface area contributed by atoms with E-state index in [9.17, 15) is 13.6 Å². The molecule has 1 aliphatic heterocycles. The van der Waals surface area contributed by atoms with E-state index in [1.54, 1.807) is 23.3 Å². The van der Waals surface area contributed by atoms with Crippen LogP contribution in [-0.2, 0) is 6.54 Å². The van der Waals surface area contributed by atoms with Gasteiger partial charge in [0, 0.05) is 49.2 Å². The average Bonchev–Trinajstić information content (AvgIpc) is 3.24. The summed E-state index contributed by atoms with van der Waals surface area (Å²) < 4.78 is 31.7. The van der Waals surface area contributed by atoms with E-state index in [1.807, 2.05) is 24.3 Å². The monoisotopic (exact) mass is 429 g/mol. The lowest BCUT2D eigenvalue weighted by molar-refractivity contribution is 0.0626. The highest BCUT2D eigenvalue weighted by Crippen LogP contribution is 2.26. The number of aromatic nitrogens is 1. The molecule has 0 spiro atoms. The minimum atomic E-state index is -1.00. The van der Waals surface area contributed by atoms with Crippen molar-refractivity contribution in [2.75, 3.05) is 33.3 Å². The number of benzene rings is 2. The lowest BCUT2D eigenvalue weighted by Gasteiger charge is -2.34. The van der Waals surface area contributed by atoms with E-state index in [0.29, 0.717) is 32.7 Å². The molecule has 30 heavy (non-hydrogen) atoms. The molecule has 0 bridgehead atoms. The highest BCUT2D eigenvalue weighted by Gasteiger charge is 2.23. The standard InChI is InChI=1S/C22H21F2N3O2S/c1-29-18-5-2-15(3-6-18)21-25-17(14-30-21)13-26-8-10-27(11-9-26)22(28)16-4-7-19(23)20(24)12-16/h2-7,12,14H,8-11,13H2,1H3. The van der Waals surface area contributed by atoms with Gasteiger partial charge in [0.25, 0.3) is 5.91 Å². The van der Waals surface area contributed by atoms with Crippen molar-refractivity contribution in [3.05, 3.63) is 70.7 Å². The highest BCUT2D eigenvalue weighted by molar-refractivity contribution is 7.13. The van der Waals surface area contributed by atoms with Crippen LogP contribution in [0.3, 0.4) is 0 Å². The number of thiazole rings is 1. The van der Waals surface area contributed by atoms with Crippen molar-refractivity contribution in [2.24, 2.45) is 0 Å². The maximum atomic E-state index is 13.4. The Hall–Kier alpha value is -2.84. The second kappa shape index (κ2) is 8.89. The van der Waals surface area contributed by atoms with Crippen LogP contribution in [-0.4, -0.2) is 54.0 Å². The number of piperazine rings is 1. The van der Waals surface area contributed by atoms with E-state index >= 15 is 0 Å². The molecule has 0 saturated carbocycles. The third-order valence-corrected chi connectivity index (χ3v) is 6.04. The summed E-state index contributed by atoms with van der Waals surface area (Å²) >= 11 is 1.60. The van der Waals surface area contributed by atoms with Crippen LogP contribution in [0.15, 0.2) is 47.8 Å². The summed E-state index contributed by atoms with van der Waals surface area (Å²) in [5.74, 6) is -1.42. The van der Waals surface area contributed by atoms with Crippen LogP contribution < -0.4 is 4.74 Å². The van der Waals surface area contributed by atoms with E-state index in [2.05, 4.69) is 10.3 Å². The van der Waals surface area contributed by atoms with E-state index in [4.69, 9.17) is 9.72 Å². The van der Waals surface area contributed by atoms with Crippen molar-refractivity contribution >= 4 is 17.2 Å². The zero-order valence-corrected chi connectivity index (χ0v) is 17.3. The summed E-state index contributed by atoms with van der Waals surface area (Å²) in [6.07, 6.45) is 0. The Kier molecular flexibility index (Phi) is 6.06. The smallest absolute Gasteiger partial charge is 0.254 e. The molecule has 0 N–H and O–H groups in total. The molecule has 8 heteroatoms. The molecule has 0 aliphatic carbocycles. The molecule has 4 rings (SSSR count).